The van der Waals surface area contributed by atoms with Gasteiger partial charge in [-0.3, -0.25) is 4.79 Å². The topological polar surface area (TPSA) is 26.3 Å². The van der Waals surface area contributed by atoms with E-state index in [2.05, 4.69) is 72.9 Å². The van der Waals surface area contributed by atoms with Crippen LogP contribution in [0, 0.1) is 40.4 Å². The lowest BCUT2D eigenvalue weighted by Gasteiger charge is -2.56. The Morgan fingerprint density at radius 2 is 1.88 bits per heavy atom. The van der Waals surface area contributed by atoms with Crippen molar-refractivity contribution in [3.05, 3.63) is 23.8 Å². The van der Waals surface area contributed by atoms with Crippen LogP contribution in [0.2, 0.25) is 18.1 Å². The summed E-state index contributed by atoms with van der Waals surface area (Å²) in [6.45, 7) is 18.7. The Kier molecular flexibility index (Phi) is 6.25. The van der Waals surface area contributed by atoms with Gasteiger partial charge in [0.25, 0.3) is 0 Å². The van der Waals surface area contributed by atoms with E-state index >= 15 is 0 Å². The lowest BCUT2D eigenvalue weighted by molar-refractivity contribution is -0.132. The van der Waals surface area contributed by atoms with Gasteiger partial charge in [0.1, 0.15) is 0 Å². The van der Waals surface area contributed by atoms with E-state index in [1.807, 2.05) is 0 Å². The van der Waals surface area contributed by atoms with Gasteiger partial charge in [0.05, 0.1) is 6.10 Å². The van der Waals surface area contributed by atoms with Crippen molar-refractivity contribution in [2.24, 2.45) is 40.4 Å². The second-order valence-corrected chi connectivity index (χ2v) is 18.5. The third kappa shape index (κ3) is 3.73. The number of rotatable bonds is 4. The van der Waals surface area contributed by atoms with Gasteiger partial charge in [-0.1, -0.05) is 59.3 Å². The molecule has 32 heavy (non-hydrogen) atoms. The average molecular weight is 477 g/mol. The molecule has 4 aliphatic rings. The Balaban J connectivity index is 1.60. The minimum atomic E-state index is -1.85. The van der Waals surface area contributed by atoms with Crippen LogP contribution in [0.5, 0.6) is 0 Å². The maximum Gasteiger partial charge on any atom is 0.192 e. The van der Waals surface area contributed by atoms with Gasteiger partial charge in [0.15, 0.2) is 14.1 Å². The summed E-state index contributed by atoms with van der Waals surface area (Å²) in [5.41, 5.74) is 1.59. The molecule has 0 aromatic heterocycles. The second-order valence-electron chi connectivity index (χ2n) is 13.4. The summed E-state index contributed by atoms with van der Waals surface area (Å²) in [6.07, 6.45) is 12.6. The zero-order valence-corrected chi connectivity index (χ0v) is 23.4. The van der Waals surface area contributed by atoms with Gasteiger partial charge in [0, 0.05) is 17.2 Å². The Labute approximate surface area is 202 Å². The minimum Gasteiger partial charge on any atom is -0.410 e. The normalized spacial score (nSPS) is 42.7. The molecular weight excluding hydrogens is 432 g/mol. The van der Waals surface area contributed by atoms with E-state index in [1.54, 1.807) is 0 Å². The highest BCUT2D eigenvalue weighted by Crippen LogP contribution is 2.66. The molecule has 0 bridgehead atoms. The maximum atomic E-state index is 13.6. The van der Waals surface area contributed by atoms with E-state index in [-0.39, 0.29) is 27.9 Å². The van der Waals surface area contributed by atoms with E-state index in [9.17, 15) is 4.79 Å². The van der Waals surface area contributed by atoms with Crippen LogP contribution in [-0.2, 0) is 9.22 Å². The van der Waals surface area contributed by atoms with Gasteiger partial charge >= 0.3 is 0 Å². The Bertz CT molecular complexity index is 824. The molecule has 0 N–H and O–H groups in total. The summed E-state index contributed by atoms with van der Waals surface area (Å²) in [5.74, 6) is 3.44. The second kappa shape index (κ2) is 8.09. The summed E-state index contributed by atoms with van der Waals surface area (Å²) in [4.78, 5) is 13.6. The number of carbonyl (C=O) groups excluding carboxylic acids is 1. The summed E-state index contributed by atoms with van der Waals surface area (Å²) in [5, 5.41) is 0.191. The standard InChI is InChI=1S/C28H45ClO2Si/c1-18(17-29)21-9-10-22-25-23(12-14-28(21,22)6)27(5)13-11-20(15-19(27)16-24(25)30)31-32(7,8)26(2,3)4/h11,13,16,18,20-23,25H,9-10,12,14-15,17H2,1-8H3/t18-,20+,21-,22+,23+,25+,27+,28-/m1/s1. The van der Waals surface area contributed by atoms with Crippen LogP contribution < -0.4 is 0 Å². The number of hydrogen-bond donors (Lipinski definition) is 0. The SMILES string of the molecule is C[C@H](CCl)[C@H]1CC[C@H]2[C@@H]3C(=O)C=C4C[C@@H](O[Si](C)(C)C(C)(C)C)C=C[C@]4(C)[C@H]3CC[C@]12C. The number of hydrogen-bond acceptors (Lipinski definition) is 2. The smallest absolute Gasteiger partial charge is 0.192 e. The molecule has 0 unspecified atom stereocenters. The number of ketones is 1. The summed E-state index contributed by atoms with van der Waals surface area (Å²) in [7, 11) is -1.85. The molecule has 2 fully saturated rings. The zero-order valence-electron chi connectivity index (χ0n) is 21.6. The number of halogens is 1. The van der Waals surface area contributed by atoms with Crippen molar-refractivity contribution in [1.29, 1.82) is 0 Å². The van der Waals surface area contributed by atoms with E-state index in [0.717, 1.165) is 18.7 Å². The van der Waals surface area contributed by atoms with Gasteiger partial charge < -0.3 is 4.43 Å². The molecule has 8 atom stereocenters. The molecule has 0 aromatic rings. The molecule has 4 aliphatic carbocycles. The first kappa shape index (κ1) is 24.7. The third-order valence-corrected chi connectivity index (χ3v) is 15.7. The summed E-state index contributed by atoms with van der Waals surface area (Å²) < 4.78 is 6.73. The molecule has 0 saturated heterocycles. The number of carbonyl (C=O) groups is 1. The Morgan fingerprint density at radius 1 is 1.19 bits per heavy atom. The van der Waals surface area contributed by atoms with Crippen molar-refractivity contribution in [3.8, 4) is 0 Å². The molecule has 4 rings (SSSR count). The maximum absolute atomic E-state index is 13.6. The van der Waals surface area contributed by atoms with Crippen LogP contribution in [-0.4, -0.2) is 26.1 Å². The molecule has 180 valence electrons. The lowest BCUT2D eigenvalue weighted by Crippen LogP contribution is -2.53. The first-order chi connectivity index (χ1) is 14.7. The van der Waals surface area contributed by atoms with Crippen molar-refractivity contribution in [2.45, 2.75) is 97.9 Å². The van der Waals surface area contributed by atoms with Gasteiger partial charge in [0.2, 0.25) is 0 Å². The van der Waals surface area contributed by atoms with Crippen molar-refractivity contribution in [2.75, 3.05) is 5.88 Å². The number of alkyl halides is 1. The molecule has 0 aliphatic heterocycles. The van der Waals surface area contributed by atoms with Gasteiger partial charge in [-0.2, -0.15) is 0 Å². The van der Waals surface area contributed by atoms with Crippen LogP contribution in [0.3, 0.4) is 0 Å². The number of fused-ring (bicyclic) bond motifs is 5. The van der Waals surface area contributed by atoms with Crippen molar-refractivity contribution < 1.29 is 9.22 Å². The highest BCUT2D eigenvalue weighted by atomic mass is 35.5. The van der Waals surface area contributed by atoms with Crippen molar-refractivity contribution in [3.63, 3.8) is 0 Å². The van der Waals surface area contributed by atoms with E-state index in [1.165, 1.54) is 24.8 Å². The monoisotopic (exact) mass is 476 g/mol. The fourth-order valence-electron chi connectivity index (χ4n) is 7.69. The first-order valence-corrected chi connectivity index (χ1v) is 16.4. The Morgan fingerprint density at radius 3 is 2.50 bits per heavy atom. The molecule has 0 spiro atoms. The zero-order chi connectivity index (χ0) is 23.7. The van der Waals surface area contributed by atoms with Crippen molar-refractivity contribution in [1.82, 2.24) is 0 Å². The molecule has 0 amide bonds. The van der Waals surface area contributed by atoms with E-state index in [4.69, 9.17) is 16.0 Å². The van der Waals surface area contributed by atoms with Gasteiger partial charge in [-0.15, -0.1) is 11.6 Å². The number of allylic oxidation sites excluding steroid dienone is 2. The van der Waals surface area contributed by atoms with Gasteiger partial charge in [-0.05, 0) is 85.4 Å². The van der Waals surface area contributed by atoms with Gasteiger partial charge in [-0.25, -0.2) is 0 Å². The molecular formula is C28H45ClO2Si. The molecule has 0 heterocycles. The van der Waals surface area contributed by atoms with Crippen LogP contribution in [0.15, 0.2) is 23.8 Å². The highest BCUT2D eigenvalue weighted by molar-refractivity contribution is 6.74. The third-order valence-electron chi connectivity index (χ3n) is 10.7. The minimum absolute atomic E-state index is 0.00336. The van der Waals surface area contributed by atoms with Crippen LogP contribution in [0.25, 0.3) is 0 Å². The molecule has 0 radical (unpaired) electrons. The lowest BCUT2D eigenvalue weighted by atomic mass is 9.47. The first-order valence-electron chi connectivity index (χ1n) is 12.9. The fraction of sp³-hybridized carbons (Fsp3) is 0.821. The molecule has 0 aromatic carbocycles. The quantitative estimate of drug-likeness (QED) is 0.235. The highest BCUT2D eigenvalue weighted by Gasteiger charge is 2.61. The fourth-order valence-corrected chi connectivity index (χ4v) is 9.18. The Hall–Kier alpha value is -0.383. The van der Waals surface area contributed by atoms with Crippen LogP contribution in [0.1, 0.15) is 73.6 Å². The largest absolute Gasteiger partial charge is 0.410 e. The molecule has 2 nitrogen and oxygen atoms in total. The molecule has 2 saturated carbocycles. The summed E-state index contributed by atoms with van der Waals surface area (Å²) in [6, 6.07) is 0. The molecule has 4 heteroatoms. The predicted octanol–water partition coefficient (Wildman–Crippen LogP) is 7.79. The average Bonchev–Trinajstić information content (AvgIpc) is 3.04. The van der Waals surface area contributed by atoms with Crippen LogP contribution in [0.4, 0.5) is 0 Å². The van der Waals surface area contributed by atoms with E-state index < -0.39 is 8.32 Å². The van der Waals surface area contributed by atoms with Crippen molar-refractivity contribution >= 4 is 25.7 Å². The van der Waals surface area contributed by atoms with Crippen LogP contribution >= 0.6 is 11.6 Å². The summed E-state index contributed by atoms with van der Waals surface area (Å²) >= 11 is 6.30. The van der Waals surface area contributed by atoms with E-state index in [0.29, 0.717) is 29.5 Å². The predicted molar refractivity (Wildman–Crippen MR) is 137 cm³/mol.